The van der Waals surface area contributed by atoms with Crippen molar-refractivity contribution >= 4 is 33.2 Å². The fourth-order valence-electron chi connectivity index (χ4n) is 3.08. The van der Waals surface area contributed by atoms with Gasteiger partial charge >= 0.3 is 11.9 Å². The Labute approximate surface area is 168 Å². The van der Waals surface area contributed by atoms with E-state index in [4.69, 9.17) is 23.2 Å². The maximum atomic E-state index is 12.9. The van der Waals surface area contributed by atoms with Gasteiger partial charge in [-0.3, -0.25) is 4.57 Å². The van der Waals surface area contributed by atoms with E-state index in [9.17, 15) is 26.4 Å². The molecule has 0 aliphatic carbocycles. The number of alkyl halides is 3. The quantitative estimate of drug-likeness (QED) is 0.708. The Hall–Kier alpha value is -1.56. The van der Waals surface area contributed by atoms with Crippen molar-refractivity contribution in [1.29, 1.82) is 0 Å². The smallest absolute Gasteiger partial charge is 0.274 e. The van der Waals surface area contributed by atoms with Gasteiger partial charge in [-0.05, 0) is 31.0 Å². The van der Waals surface area contributed by atoms with Crippen LogP contribution >= 0.6 is 23.2 Å². The zero-order valence-electron chi connectivity index (χ0n) is 14.4. The summed E-state index contributed by atoms with van der Waals surface area (Å²) >= 11 is 11.8. The Bertz CT molecular complexity index is 1060. The van der Waals surface area contributed by atoms with E-state index in [1.54, 1.807) is 0 Å². The normalized spacial score (nSPS) is 17.2. The van der Waals surface area contributed by atoms with Crippen molar-refractivity contribution in [3.63, 3.8) is 0 Å². The first-order chi connectivity index (χ1) is 12.9. The molecule has 1 aromatic heterocycles. The van der Waals surface area contributed by atoms with Crippen LogP contribution in [-0.4, -0.2) is 40.2 Å². The summed E-state index contributed by atoms with van der Waals surface area (Å²) in [7, 11) is -2.94. The van der Waals surface area contributed by atoms with Gasteiger partial charge in [-0.1, -0.05) is 23.2 Å². The van der Waals surface area contributed by atoms with E-state index in [0.717, 1.165) is 11.7 Å². The molecule has 0 amide bonds. The number of hydrogen-bond donors (Lipinski definition) is 0. The van der Waals surface area contributed by atoms with Gasteiger partial charge in [0, 0.05) is 25.2 Å². The molecule has 1 aromatic carbocycles. The largest absolute Gasteiger partial charge is 0.451 e. The van der Waals surface area contributed by atoms with Crippen LogP contribution in [0.3, 0.4) is 0 Å². The minimum atomic E-state index is -4.76. The van der Waals surface area contributed by atoms with Crippen molar-refractivity contribution < 1.29 is 21.6 Å². The maximum Gasteiger partial charge on any atom is 0.451 e. The van der Waals surface area contributed by atoms with Crippen molar-refractivity contribution in [3.05, 3.63) is 44.6 Å². The van der Waals surface area contributed by atoms with Gasteiger partial charge in [-0.15, -0.1) is 5.10 Å². The summed E-state index contributed by atoms with van der Waals surface area (Å²) in [6, 6.07) is 3.43. The van der Waals surface area contributed by atoms with Crippen LogP contribution in [0.2, 0.25) is 10.0 Å². The summed E-state index contributed by atoms with van der Waals surface area (Å²) in [6.07, 6.45) is -4.50. The molecule has 0 bridgehead atoms. The number of benzene rings is 1. The molecule has 13 heteroatoms. The summed E-state index contributed by atoms with van der Waals surface area (Å²) in [5.74, 6) is -1.29. The molecule has 0 saturated carbocycles. The van der Waals surface area contributed by atoms with Gasteiger partial charge in [-0.2, -0.15) is 17.5 Å². The minimum absolute atomic E-state index is 0.000206. The first-order valence-corrected chi connectivity index (χ1v) is 10.3. The number of piperidine rings is 1. The fourth-order valence-corrected chi connectivity index (χ4v) is 5.29. The monoisotopic (exact) mass is 458 g/mol. The Balaban J connectivity index is 1.82. The van der Waals surface area contributed by atoms with Gasteiger partial charge in [0.25, 0.3) is 0 Å². The first kappa shape index (κ1) is 21.2. The molecule has 0 spiro atoms. The minimum Gasteiger partial charge on any atom is -0.274 e. The second kappa shape index (κ2) is 7.36. The van der Waals surface area contributed by atoms with Crippen molar-refractivity contribution in [2.45, 2.75) is 30.0 Å². The molecule has 0 N–H and O–H groups in total. The van der Waals surface area contributed by atoms with Gasteiger partial charge in [0.2, 0.25) is 15.8 Å². The van der Waals surface area contributed by atoms with Crippen LogP contribution in [-0.2, 0) is 23.2 Å². The molecule has 1 saturated heterocycles. The molecule has 154 valence electrons. The zero-order chi connectivity index (χ0) is 20.9. The van der Waals surface area contributed by atoms with Gasteiger partial charge < -0.3 is 0 Å². The molecule has 1 aliphatic heterocycles. The second-order valence-corrected chi connectivity index (χ2v) is 9.07. The van der Waals surface area contributed by atoms with E-state index in [-0.39, 0.29) is 40.9 Å². The molecule has 0 radical (unpaired) electrons. The molecule has 2 aromatic rings. The number of sulfonamides is 1. The van der Waals surface area contributed by atoms with Crippen molar-refractivity contribution in [3.8, 4) is 0 Å². The molecule has 28 heavy (non-hydrogen) atoms. The maximum absolute atomic E-state index is 12.9. The van der Waals surface area contributed by atoms with Crippen LogP contribution < -0.4 is 5.69 Å². The van der Waals surface area contributed by atoms with E-state index < -0.39 is 33.8 Å². The molecule has 0 atom stereocenters. The van der Waals surface area contributed by atoms with Crippen LogP contribution in [0.5, 0.6) is 0 Å². The summed E-state index contributed by atoms with van der Waals surface area (Å²) in [4.78, 5) is 12.0. The molecular formula is C15H15Cl2F3N4O3S. The third-order valence-corrected chi connectivity index (χ3v) is 7.15. The lowest BCUT2D eigenvalue weighted by Crippen LogP contribution is -2.41. The molecular weight excluding hydrogens is 444 g/mol. The lowest BCUT2D eigenvalue weighted by atomic mass is 10.1. The Morgan fingerprint density at radius 1 is 1.18 bits per heavy atom. The average molecular weight is 459 g/mol. The molecule has 0 unspecified atom stereocenters. The standard InChI is InChI=1S/C15H15Cl2F3N4O3S/c1-22-13(15(18,19)20)21-24(14(22)25)10-4-6-23(7-5-10)28(26,27)12-8-9(16)2-3-11(12)17/h2-3,8,10H,4-7H2,1H3. The number of halogens is 5. The van der Waals surface area contributed by atoms with Gasteiger partial charge in [0.15, 0.2) is 0 Å². The summed E-state index contributed by atoms with van der Waals surface area (Å²) < 4.78 is 66.8. The van der Waals surface area contributed by atoms with Gasteiger partial charge in [0.1, 0.15) is 4.90 Å². The van der Waals surface area contributed by atoms with Crippen LogP contribution in [0.1, 0.15) is 24.7 Å². The number of aromatic nitrogens is 3. The number of nitrogens with zero attached hydrogens (tertiary/aromatic N) is 4. The Kier molecular flexibility index (Phi) is 5.56. The van der Waals surface area contributed by atoms with E-state index in [2.05, 4.69) is 5.10 Å². The fraction of sp³-hybridized carbons (Fsp3) is 0.467. The third kappa shape index (κ3) is 3.80. The highest BCUT2D eigenvalue weighted by Crippen LogP contribution is 2.32. The van der Waals surface area contributed by atoms with E-state index >= 15 is 0 Å². The number of rotatable bonds is 3. The first-order valence-electron chi connectivity index (χ1n) is 8.11. The van der Waals surface area contributed by atoms with Crippen LogP contribution in [0.4, 0.5) is 13.2 Å². The summed E-state index contributed by atoms with van der Waals surface area (Å²) in [5.41, 5.74) is -0.897. The molecule has 1 aliphatic rings. The SMILES string of the molecule is Cn1c(C(F)(F)F)nn(C2CCN(S(=O)(=O)c3cc(Cl)ccc3Cl)CC2)c1=O. The van der Waals surface area contributed by atoms with Crippen LogP contribution in [0.15, 0.2) is 27.9 Å². The van der Waals surface area contributed by atoms with Crippen LogP contribution in [0.25, 0.3) is 0 Å². The van der Waals surface area contributed by atoms with Gasteiger partial charge in [0.05, 0.1) is 11.1 Å². The van der Waals surface area contributed by atoms with Crippen molar-refractivity contribution in [1.82, 2.24) is 18.7 Å². The van der Waals surface area contributed by atoms with Gasteiger partial charge in [-0.25, -0.2) is 17.9 Å². The zero-order valence-corrected chi connectivity index (χ0v) is 16.8. The topological polar surface area (TPSA) is 77.2 Å². The number of hydrogen-bond acceptors (Lipinski definition) is 4. The van der Waals surface area contributed by atoms with Crippen LogP contribution in [0, 0.1) is 0 Å². The van der Waals surface area contributed by atoms with E-state index in [1.165, 1.54) is 22.5 Å². The summed E-state index contributed by atoms with van der Waals surface area (Å²) in [6.45, 7) is 0.000412. The predicted octanol–water partition coefficient (Wildman–Crippen LogP) is 2.93. The third-order valence-electron chi connectivity index (χ3n) is 4.54. The van der Waals surface area contributed by atoms with E-state index in [0.29, 0.717) is 4.57 Å². The second-order valence-electron chi connectivity index (χ2n) is 6.32. The van der Waals surface area contributed by atoms with Crippen molar-refractivity contribution in [2.24, 2.45) is 7.05 Å². The highest BCUT2D eigenvalue weighted by Gasteiger charge is 2.39. The lowest BCUT2D eigenvalue weighted by Gasteiger charge is -2.31. The summed E-state index contributed by atoms with van der Waals surface area (Å²) in [5, 5.41) is 3.63. The molecule has 7 nitrogen and oxygen atoms in total. The molecule has 3 rings (SSSR count). The Morgan fingerprint density at radius 2 is 1.79 bits per heavy atom. The van der Waals surface area contributed by atoms with Crippen molar-refractivity contribution in [2.75, 3.05) is 13.1 Å². The average Bonchev–Trinajstić information content (AvgIpc) is 2.92. The highest BCUT2D eigenvalue weighted by atomic mass is 35.5. The van der Waals surface area contributed by atoms with E-state index in [1.807, 2.05) is 0 Å². The molecule has 1 fully saturated rings. The highest BCUT2D eigenvalue weighted by molar-refractivity contribution is 7.89. The molecule has 2 heterocycles. The Morgan fingerprint density at radius 3 is 2.32 bits per heavy atom. The lowest BCUT2D eigenvalue weighted by molar-refractivity contribution is -0.147. The predicted molar refractivity (Wildman–Crippen MR) is 96.0 cm³/mol.